The molecule has 7 nitrogen and oxygen atoms in total. The maximum absolute atomic E-state index is 9.22. The molecule has 0 aromatic heterocycles. The Morgan fingerprint density at radius 3 is 2.22 bits per heavy atom. The average Bonchev–Trinajstić information content (AvgIpc) is 2.69. The number of aliphatic imine (C=N–C) groups is 1. The zero-order valence-electron chi connectivity index (χ0n) is 17.3. The van der Waals surface area contributed by atoms with Crippen LogP contribution in [0.2, 0.25) is 0 Å². The summed E-state index contributed by atoms with van der Waals surface area (Å²) < 4.78 is 16.2. The van der Waals surface area contributed by atoms with E-state index in [0.717, 1.165) is 43.9 Å². The van der Waals surface area contributed by atoms with Crippen LogP contribution in [0.1, 0.15) is 38.7 Å². The highest BCUT2D eigenvalue weighted by Crippen LogP contribution is 2.34. The topological polar surface area (TPSA) is 84.3 Å². The van der Waals surface area contributed by atoms with Crippen molar-refractivity contribution in [3.63, 3.8) is 0 Å². The summed E-state index contributed by atoms with van der Waals surface area (Å²) in [4.78, 5) is 4.67. The summed E-state index contributed by atoms with van der Waals surface area (Å²) in [5.41, 5.74) is 0.910. The molecule has 0 heterocycles. The lowest BCUT2D eigenvalue weighted by Crippen LogP contribution is -2.40. The third kappa shape index (κ3) is 7.54. The molecule has 1 rings (SSSR count). The Labute approximate surface area is 163 Å². The molecule has 0 saturated heterocycles. The van der Waals surface area contributed by atoms with Gasteiger partial charge in [-0.3, -0.25) is 0 Å². The van der Waals surface area contributed by atoms with Crippen LogP contribution in [0.3, 0.4) is 0 Å². The molecule has 1 atom stereocenters. The highest BCUT2D eigenvalue weighted by molar-refractivity contribution is 5.79. The van der Waals surface area contributed by atoms with Crippen molar-refractivity contribution in [3.8, 4) is 17.2 Å². The summed E-state index contributed by atoms with van der Waals surface area (Å²) in [6, 6.07) is 3.69. The molecule has 7 heteroatoms. The Morgan fingerprint density at radius 1 is 1.00 bits per heavy atom. The lowest BCUT2D eigenvalue weighted by molar-refractivity contribution is 0.251. The Bertz CT molecular complexity index is 573. The number of hydrogen-bond donors (Lipinski definition) is 3. The largest absolute Gasteiger partial charge is 0.496 e. The highest BCUT2D eigenvalue weighted by atomic mass is 16.5. The van der Waals surface area contributed by atoms with Gasteiger partial charge in [-0.15, -0.1) is 0 Å². The molecule has 1 aromatic carbocycles. The Hall–Kier alpha value is -2.15. The summed E-state index contributed by atoms with van der Waals surface area (Å²) in [6.45, 7) is 6.40. The van der Waals surface area contributed by atoms with E-state index in [0.29, 0.717) is 29.7 Å². The smallest absolute Gasteiger partial charge is 0.191 e. The van der Waals surface area contributed by atoms with Crippen LogP contribution in [0.25, 0.3) is 0 Å². The molecule has 1 aromatic rings. The standard InChI is InChI=1S/C20H35N3O4/c1-6-8-15(9-10-24)13-22-20(21-7-2)23-14-16-11-18(26-4)19(27-5)12-17(16)25-3/h11-12,15,24H,6-10,13-14H2,1-5H3,(H2,21,22,23). The number of nitrogens with one attached hydrogen (secondary N) is 2. The van der Waals surface area contributed by atoms with Gasteiger partial charge in [0.1, 0.15) is 5.75 Å². The second kappa shape index (κ2) is 13.1. The van der Waals surface area contributed by atoms with Crippen molar-refractivity contribution in [1.82, 2.24) is 10.6 Å². The van der Waals surface area contributed by atoms with Crippen molar-refractivity contribution in [2.24, 2.45) is 10.9 Å². The number of ether oxygens (including phenoxy) is 3. The van der Waals surface area contributed by atoms with Crippen LogP contribution in [-0.4, -0.2) is 52.1 Å². The fourth-order valence-electron chi connectivity index (χ4n) is 2.90. The summed E-state index contributed by atoms with van der Waals surface area (Å²) in [7, 11) is 4.83. The quantitative estimate of drug-likeness (QED) is 0.381. The Balaban J connectivity index is 2.90. The number of benzene rings is 1. The summed E-state index contributed by atoms with van der Waals surface area (Å²) in [5, 5.41) is 15.9. The third-order valence-electron chi connectivity index (χ3n) is 4.33. The minimum atomic E-state index is 0.211. The molecule has 0 amide bonds. The van der Waals surface area contributed by atoms with Gasteiger partial charge >= 0.3 is 0 Å². The van der Waals surface area contributed by atoms with Gasteiger partial charge in [-0.05, 0) is 31.7 Å². The van der Waals surface area contributed by atoms with E-state index < -0.39 is 0 Å². The van der Waals surface area contributed by atoms with Crippen molar-refractivity contribution in [1.29, 1.82) is 0 Å². The zero-order chi connectivity index (χ0) is 20.1. The van der Waals surface area contributed by atoms with Gasteiger partial charge in [0, 0.05) is 31.3 Å². The van der Waals surface area contributed by atoms with Gasteiger partial charge in [-0.25, -0.2) is 4.99 Å². The van der Waals surface area contributed by atoms with Crippen LogP contribution in [0, 0.1) is 5.92 Å². The number of nitrogens with zero attached hydrogens (tertiary/aromatic N) is 1. The molecular weight excluding hydrogens is 346 g/mol. The molecule has 1 unspecified atom stereocenters. The first-order chi connectivity index (χ1) is 13.1. The first kappa shape index (κ1) is 22.9. The van der Waals surface area contributed by atoms with Gasteiger partial charge in [0.05, 0.1) is 27.9 Å². The predicted molar refractivity (Wildman–Crippen MR) is 109 cm³/mol. The second-order valence-electron chi connectivity index (χ2n) is 6.26. The van der Waals surface area contributed by atoms with E-state index >= 15 is 0 Å². The van der Waals surface area contributed by atoms with Crippen LogP contribution in [-0.2, 0) is 6.54 Å². The molecule has 0 spiro atoms. The number of methoxy groups -OCH3 is 3. The SMILES string of the molecule is CCCC(CCO)CNC(=NCc1cc(OC)c(OC)cc1OC)NCC. The number of guanidine groups is 1. The van der Waals surface area contributed by atoms with Crippen molar-refractivity contribution < 1.29 is 19.3 Å². The predicted octanol–water partition coefficient (Wildman–Crippen LogP) is 2.57. The van der Waals surface area contributed by atoms with Crippen LogP contribution in [0.5, 0.6) is 17.2 Å². The van der Waals surface area contributed by atoms with E-state index in [-0.39, 0.29) is 6.61 Å². The molecule has 0 fully saturated rings. The van der Waals surface area contributed by atoms with Gasteiger partial charge in [0.25, 0.3) is 0 Å². The molecule has 3 N–H and O–H groups in total. The average molecular weight is 382 g/mol. The van der Waals surface area contributed by atoms with Gasteiger partial charge in [0.15, 0.2) is 17.5 Å². The number of rotatable bonds is 12. The minimum Gasteiger partial charge on any atom is -0.496 e. The van der Waals surface area contributed by atoms with Crippen LogP contribution in [0.4, 0.5) is 0 Å². The number of aliphatic hydroxyl groups is 1. The molecule has 0 aliphatic rings. The summed E-state index contributed by atoms with van der Waals surface area (Å²) in [6.07, 6.45) is 2.98. The molecule has 0 radical (unpaired) electrons. The molecular formula is C20H35N3O4. The summed E-state index contributed by atoms with van der Waals surface area (Å²) >= 11 is 0. The Kier molecular flexibility index (Phi) is 11.1. The maximum atomic E-state index is 9.22. The fraction of sp³-hybridized carbons (Fsp3) is 0.650. The minimum absolute atomic E-state index is 0.211. The first-order valence-corrected chi connectivity index (χ1v) is 9.55. The monoisotopic (exact) mass is 381 g/mol. The third-order valence-corrected chi connectivity index (χ3v) is 4.33. The van der Waals surface area contributed by atoms with Gasteiger partial charge in [-0.2, -0.15) is 0 Å². The van der Waals surface area contributed by atoms with Crippen molar-refractivity contribution in [2.75, 3.05) is 41.0 Å². The normalized spacial score (nSPS) is 12.4. The van der Waals surface area contributed by atoms with E-state index in [1.807, 2.05) is 19.1 Å². The molecule has 0 saturated carbocycles. The molecule has 0 bridgehead atoms. The lowest BCUT2D eigenvalue weighted by atomic mass is 10.0. The van der Waals surface area contributed by atoms with Crippen molar-refractivity contribution >= 4 is 5.96 Å². The van der Waals surface area contributed by atoms with Gasteiger partial charge < -0.3 is 30.0 Å². The van der Waals surface area contributed by atoms with Crippen LogP contribution in [0.15, 0.2) is 17.1 Å². The molecule has 0 aliphatic carbocycles. The molecule has 154 valence electrons. The summed E-state index contributed by atoms with van der Waals surface area (Å²) in [5.74, 6) is 3.15. The van der Waals surface area contributed by atoms with E-state index in [1.54, 1.807) is 21.3 Å². The van der Waals surface area contributed by atoms with Gasteiger partial charge in [0.2, 0.25) is 0 Å². The van der Waals surface area contributed by atoms with Crippen LogP contribution < -0.4 is 24.8 Å². The maximum Gasteiger partial charge on any atom is 0.191 e. The Morgan fingerprint density at radius 2 is 1.67 bits per heavy atom. The van der Waals surface area contributed by atoms with Crippen molar-refractivity contribution in [2.45, 2.75) is 39.7 Å². The van der Waals surface area contributed by atoms with Crippen LogP contribution >= 0.6 is 0 Å². The molecule has 0 aliphatic heterocycles. The van der Waals surface area contributed by atoms with E-state index in [1.165, 1.54) is 0 Å². The zero-order valence-corrected chi connectivity index (χ0v) is 17.3. The lowest BCUT2D eigenvalue weighted by Gasteiger charge is -2.18. The number of hydrogen-bond acceptors (Lipinski definition) is 5. The number of aliphatic hydroxyl groups excluding tert-OH is 1. The fourth-order valence-corrected chi connectivity index (χ4v) is 2.90. The van der Waals surface area contributed by atoms with Gasteiger partial charge in [-0.1, -0.05) is 13.3 Å². The van der Waals surface area contributed by atoms with Crippen molar-refractivity contribution in [3.05, 3.63) is 17.7 Å². The second-order valence-corrected chi connectivity index (χ2v) is 6.26. The molecule has 27 heavy (non-hydrogen) atoms. The highest BCUT2D eigenvalue weighted by Gasteiger charge is 2.12. The first-order valence-electron chi connectivity index (χ1n) is 9.55. The van der Waals surface area contributed by atoms with E-state index in [2.05, 4.69) is 22.5 Å². The van der Waals surface area contributed by atoms with E-state index in [9.17, 15) is 5.11 Å². The van der Waals surface area contributed by atoms with E-state index in [4.69, 9.17) is 14.2 Å².